The molecule has 0 saturated carbocycles. The molecule has 180 valence electrons. The molecule has 9 heteroatoms. The van der Waals surface area contributed by atoms with Gasteiger partial charge in [-0.15, -0.1) is 0 Å². The molecule has 35 heavy (non-hydrogen) atoms. The summed E-state index contributed by atoms with van der Waals surface area (Å²) < 4.78 is 42.5. The van der Waals surface area contributed by atoms with E-state index < -0.39 is 26.5 Å². The molecule has 1 heterocycles. The number of Topliss-reactive ketones (excluding diaryl/α,β-unsaturated/α-hetero) is 1. The minimum atomic E-state index is -4.14. The number of methoxy groups -OCH3 is 2. The van der Waals surface area contributed by atoms with E-state index >= 15 is 0 Å². The summed E-state index contributed by atoms with van der Waals surface area (Å²) in [6.45, 7) is 1.93. The van der Waals surface area contributed by atoms with Crippen molar-refractivity contribution in [3.05, 3.63) is 89.0 Å². The number of ether oxygens (including phenoxy) is 3. The van der Waals surface area contributed by atoms with Crippen molar-refractivity contribution in [3.63, 3.8) is 0 Å². The number of fused-ring (bicyclic) bond motifs is 1. The molecule has 3 aromatic rings. The number of sulfone groups is 1. The summed E-state index contributed by atoms with van der Waals surface area (Å²) in [4.78, 5) is 26.9. The van der Waals surface area contributed by atoms with Crippen LogP contribution >= 0.6 is 0 Å². The number of ketones is 1. The number of anilines is 2. The molecule has 0 aromatic heterocycles. The summed E-state index contributed by atoms with van der Waals surface area (Å²) >= 11 is 0. The summed E-state index contributed by atoms with van der Waals surface area (Å²) in [5.74, 6) is -0.497. The number of para-hydroxylation sites is 1. The number of esters is 1. The number of carbonyl (C=O) groups excluding carboxylic acids is 2. The van der Waals surface area contributed by atoms with Crippen LogP contribution in [0.3, 0.4) is 0 Å². The van der Waals surface area contributed by atoms with Gasteiger partial charge in [0.15, 0.2) is 11.5 Å². The lowest BCUT2D eigenvalue weighted by atomic mass is 10.1. The number of benzene rings is 3. The maximum atomic E-state index is 13.5. The van der Waals surface area contributed by atoms with E-state index in [-0.39, 0.29) is 17.1 Å². The quantitative estimate of drug-likeness (QED) is 0.350. The standard InChI is InChI=1S/C26H23NO7S/c1-4-34-26(29)18-8-7-9-19(14-18)27-16-24(35(30,31)23-11-6-5-10-20(23)27)25(28)17-12-13-21(32-2)22(15-17)33-3/h5-16H,4H2,1-3H3. The Morgan fingerprint density at radius 2 is 1.60 bits per heavy atom. The van der Waals surface area contributed by atoms with Gasteiger partial charge in [0.1, 0.15) is 4.91 Å². The molecular formula is C26H23NO7S. The molecule has 1 aliphatic heterocycles. The number of rotatable bonds is 7. The molecule has 0 spiro atoms. The molecule has 0 atom stereocenters. The Morgan fingerprint density at radius 3 is 2.31 bits per heavy atom. The van der Waals surface area contributed by atoms with Crippen LogP contribution in [0.2, 0.25) is 0 Å². The van der Waals surface area contributed by atoms with Crippen molar-refractivity contribution in [2.75, 3.05) is 25.7 Å². The van der Waals surface area contributed by atoms with Crippen LogP contribution in [0.15, 0.2) is 82.7 Å². The fourth-order valence-corrected chi connectivity index (χ4v) is 5.31. The maximum Gasteiger partial charge on any atom is 0.338 e. The van der Waals surface area contributed by atoms with Crippen LogP contribution in [0.25, 0.3) is 0 Å². The van der Waals surface area contributed by atoms with Gasteiger partial charge in [-0.1, -0.05) is 18.2 Å². The third-order valence-electron chi connectivity index (χ3n) is 5.46. The van der Waals surface area contributed by atoms with Crippen molar-refractivity contribution in [3.8, 4) is 11.5 Å². The maximum absolute atomic E-state index is 13.5. The van der Waals surface area contributed by atoms with Crippen LogP contribution in [-0.4, -0.2) is 41.0 Å². The normalized spacial score (nSPS) is 13.9. The van der Waals surface area contributed by atoms with Gasteiger partial charge in [-0.25, -0.2) is 13.2 Å². The number of allylic oxidation sites excluding steroid dienone is 1. The van der Waals surface area contributed by atoms with Crippen molar-refractivity contribution in [1.82, 2.24) is 0 Å². The first-order valence-electron chi connectivity index (χ1n) is 10.7. The van der Waals surface area contributed by atoms with E-state index in [2.05, 4.69) is 0 Å². The first kappa shape index (κ1) is 24.0. The predicted molar refractivity (Wildman–Crippen MR) is 130 cm³/mol. The smallest absolute Gasteiger partial charge is 0.338 e. The Morgan fingerprint density at radius 1 is 0.857 bits per heavy atom. The average molecular weight is 494 g/mol. The molecule has 0 amide bonds. The Labute approximate surface area is 203 Å². The molecular weight excluding hydrogens is 470 g/mol. The molecule has 3 aromatic carbocycles. The Kier molecular flexibility index (Phi) is 6.61. The van der Waals surface area contributed by atoms with E-state index in [1.807, 2.05) is 0 Å². The first-order chi connectivity index (χ1) is 16.8. The lowest BCUT2D eigenvalue weighted by Gasteiger charge is -2.29. The van der Waals surface area contributed by atoms with Gasteiger partial charge in [0.25, 0.3) is 0 Å². The van der Waals surface area contributed by atoms with Gasteiger partial charge in [-0.05, 0) is 55.5 Å². The monoisotopic (exact) mass is 493 g/mol. The van der Waals surface area contributed by atoms with Gasteiger partial charge in [-0.2, -0.15) is 0 Å². The minimum Gasteiger partial charge on any atom is -0.493 e. The van der Waals surface area contributed by atoms with Crippen LogP contribution in [0.5, 0.6) is 11.5 Å². The van der Waals surface area contributed by atoms with Crippen molar-refractivity contribution >= 4 is 33.0 Å². The molecule has 8 nitrogen and oxygen atoms in total. The second-order valence-corrected chi connectivity index (χ2v) is 9.39. The number of hydrogen-bond acceptors (Lipinski definition) is 8. The Balaban J connectivity index is 1.86. The highest BCUT2D eigenvalue weighted by Crippen LogP contribution is 2.41. The molecule has 1 aliphatic rings. The SMILES string of the molecule is CCOC(=O)c1cccc(N2C=C(C(=O)c3ccc(OC)c(OC)c3)S(=O)(=O)c3ccccc32)c1. The zero-order chi connectivity index (χ0) is 25.2. The van der Waals surface area contributed by atoms with Gasteiger partial charge >= 0.3 is 5.97 Å². The highest BCUT2D eigenvalue weighted by molar-refractivity contribution is 7.96. The molecule has 0 fully saturated rings. The predicted octanol–water partition coefficient (Wildman–Crippen LogP) is 4.53. The Bertz CT molecular complexity index is 1440. The van der Waals surface area contributed by atoms with E-state index in [0.29, 0.717) is 28.4 Å². The number of carbonyl (C=O) groups is 2. The lowest BCUT2D eigenvalue weighted by molar-refractivity contribution is 0.0526. The fourth-order valence-electron chi connectivity index (χ4n) is 3.77. The molecule has 0 radical (unpaired) electrons. The highest BCUT2D eigenvalue weighted by atomic mass is 32.2. The molecule has 0 bridgehead atoms. The summed E-state index contributed by atoms with van der Waals surface area (Å²) in [6.07, 6.45) is 1.28. The third-order valence-corrected chi connectivity index (χ3v) is 7.25. The molecule has 4 rings (SSSR count). The molecule has 0 N–H and O–H groups in total. The summed E-state index contributed by atoms with van der Waals surface area (Å²) in [6, 6.07) is 17.4. The summed E-state index contributed by atoms with van der Waals surface area (Å²) in [7, 11) is -1.24. The zero-order valence-electron chi connectivity index (χ0n) is 19.3. The van der Waals surface area contributed by atoms with Crippen LogP contribution in [0.4, 0.5) is 11.4 Å². The summed E-state index contributed by atoms with van der Waals surface area (Å²) in [5.41, 5.74) is 1.28. The minimum absolute atomic E-state index is 0.0205. The zero-order valence-corrected chi connectivity index (χ0v) is 20.2. The second-order valence-electron chi connectivity index (χ2n) is 7.50. The number of nitrogens with zero attached hydrogens (tertiary/aromatic N) is 1. The van der Waals surface area contributed by atoms with Gasteiger partial charge in [-0.3, -0.25) is 4.79 Å². The molecule has 0 unspecified atom stereocenters. The Hall–Kier alpha value is -4.11. The van der Waals surface area contributed by atoms with E-state index in [1.54, 1.807) is 54.3 Å². The van der Waals surface area contributed by atoms with Crippen molar-refractivity contribution in [2.45, 2.75) is 11.8 Å². The number of hydrogen-bond donors (Lipinski definition) is 0. The van der Waals surface area contributed by atoms with E-state index in [0.717, 1.165) is 0 Å². The fraction of sp³-hybridized carbons (Fsp3) is 0.154. The summed E-state index contributed by atoms with van der Waals surface area (Å²) in [5, 5.41) is 0. The lowest BCUT2D eigenvalue weighted by Crippen LogP contribution is -2.26. The largest absolute Gasteiger partial charge is 0.493 e. The van der Waals surface area contributed by atoms with Gasteiger partial charge < -0.3 is 19.1 Å². The van der Waals surface area contributed by atoms with Crippen LogP contribution < -0.4 is 14.4 Å². The van der Waals surface area contributed by atoms with Gasteiger partial charge in [0, 0.05) is 17.5 Å². The van der Waals surface area contributed by atoms with Gasteiger partial charge in [0.05, 0.1) is 37.0 Å². The van der Waals surface area contributed by atoms with Crippen LogP contribution in [0, 0.1) is 0 Å². The second kappa shape index (κ2) is 9.63. The molecule has 0 saturated heterocycles. The van der Waals surface area contributed by atoms with Crippen molar-refractivity contribution < 1.29 is 32.2 Å². The van der Waals surface area contributed by atoms with Gasteiger partial charge in [0.2, 0.25) is 15.6 Å². The van der Waals surface area contributed by atoms with E-state index in [1.165, 1.54) is 44.7 Å². The van der Waals surface area contributed by atoms with E-state index in [9.17, 15) is 18.0 Å². The first-order valence-corrected chi connectivity index (χ1v) is 12.2. The van der Waals surface area contributed by atoms with Crippen LogP contribution in [-0.2, 0) is 14.6 Å². The van der Waals surface area contributed by atoms with Crippen molar-refractivity contribution in [2.24, 2.45) is 0 Å². The highest BCUT2D eigenvalue weighted by Gasteiger charge is 2.36. The molecule has 0 aliphatic carbocycles. The third kappa shape index (κ3) is 4.38. The van der Waals surface area contributed by atoms with E-state index in [4.69, 9.17) is 14.2 Å². The average Bonchev–Trinajstić information content (AvgIpc) is 2.88. The van der Waals surface area contributed by atoms with Crippen LogP contribution in [0.1, 0.15) is 27.6 Å². The van der Waals surface area contributed by atoms with Crippen molar-refractivity contribution in [1.29, 1.82) is 0 Å². The topological polar surface area (TPSA) is 99.2 Å².